The van der Waals surface area contributed by atoms with Gasteiger partial charge in [0.25, 0.3) is 5.91 Å². The van der Waals surface area contributed by atoms with Crippen LogP contribution in [-0.4, -0.2) is 28.1 Å². The number of nitrogens with zero attached hydrogens (tertiary/aromatic N) is 2. The van der Waals surface area contributed by atoms with Crippen LogP contribution >= 0.6 is 23.5 Å². The molecule has 2 aromatic carbocycles. The van der Waals surface area contributed by atoms with E-state index in [1.807, 2.05) is 35.9 Å². The number of carbonyl (C=O) groups is 1. The summed E-state index contributed by atoms with van der Waals surface area (Å²) in [7, 11) is 0. The van der Waals surface area contributed by atoms with E-state index in [1.165, 1.54) is 23.9 Å². The lowest BCUT2D eigenvalue weighted by Gasteiger charge is -2.26. The van der Waals surface area contributed by atoms with Gasteiger partial charge in [0, 0.05) is 10.3 Å². The van der Waals surface area contributed by atoms with Gasteiger partial charge >= 0.3 is 0 Å². The third-order valence-corrected chi connectivity index (χ3v) is 5.75. The maximum Gasteiger partial charge on any atom is 0.283 e. The Morgan fingerprint density at radius 2 is 1.85 bits per heavy atom. The van der Waals surface area contributed by atoms with Crippen molar-refractivity contribution in [3.8, 4) is 0 Å². The number of amides is 1. The number of carbonyl (C=O) groups excluding carboxylic acids is 1. The number of aliphatic imine (C=N–C) groups is 1. The van der Waals surface area contributed by atoms with E-state index in [1.54, 1.807) is 34.9 Å². The van der Waals surface area contributed by atoms with Gasteiger partial charge in [0.1, 0.15) is 11.7 Å². The topological polar surface area (TPSA) is 56.5 Å². The predicted molar refractivity (Wildman–Crippen MR) is 110 cm³/mol. The molecule has 0 saturated carbocycles. The molecule has 0 atom stereocenters. The minimum Gasteiger partial charge on any atom is -0.283 e. The summed E-state index contributed by atoms with van der Waals surface area (Å²) in [5.74, 6) is -0.682. The lowest BCUT2D eigenvalue weighted by molar-refractivity contribution is -0.114. The Labute approximate surface area is 164 Å². The number of fused-ring (bicyclic) bond motifs is 1. The van der Waals surface area contributed by atoms with Crippen LogP contribution in [0.2, 0.25) is 0 Å². The van der Waals surface area contributed by atoms with Crippen LogP contribution in [0, 0.1) is 11.2 Å². The maximum absolute atomic E-state index is 13.2. The molecule has 0 fully saturated rings. The molecule has 1 amide bonds. The van der Waals surface area contributed by atoms with Gasteiger partial charge in [-0.3, -0.25) is 15.1 Å². The van der Waals surface area contributed by atoms with Gasteiger partial charge in [-0.2, -0.15) is 4.99 Å². The zero-order valence-electron chi connectivity index (χ0n) is 14.3. The molecule has 0 bridgehead atoms. The van der Waals surface area contributed by atoms with E-state index in [-0.39, 0.29) is 17.2 Å². The SMILES string of the molecule is CSc1ccc(/C=C2\C(=N)N3C(c4ccc(F)cc4)=CSC3=NC2=O)cc1. The molecule has 2 aliphatic rings. The highest BCUT2D eigenvalue weighted by Gasteiger charge is 2.36. The second-order valence-corrected chi connectivity index (χ2v) is 7.56. The lowest BCUT2D eigenvalue weighted by atomic mass is 10.1. The van der Waals surface area contributed by atoms with Gasteiger partial charge in [-0.25, -0.2) is 4.39 Å². The Morgan fingerprint density at radius 3 is 2.52 bits per heavy atom. The number of rotatable bonds is 3. The molecule has 2 heterocycles. The molecule has 0 saturated heterocycles. The number of halogens is 1. The van der Waals surface area contributed by atoms with Crippen LogP contribution in [-0.2, 0) is 4.79 Å². The average molecular weight is 395 g/mol. The third kappa shape index (κ3) is 3.36. The molecule has 0 spiro atoms. The third-order valence-electron chi connectivity index (χ3n) is 4.18. The van der Waals surface area contributed by atoms with Gasteiger partial charge in [0.15, 0.2) is 5.17 Å². The standard InChI is InChI=1S/C20H14FN3OS2/c1-26-15-8-2-12(3-9-15)10-16-18(22)24-17(11-27-20(24)23-19(16)25)13-4-6-14(21)7-5-13/h2-11,22H,1H3/b16-10+,22-18?. The Bertz CT molecular complexity index is 1020. The first-order valence-corrected chi connectivity index (χ1v) is 10.2. The number of thioether (sulfide) groups is 2. The van der Waals surface area contributed by atoms with Crippen molar-refractivity contribution in [1.29, 1.82) is 5.41 Å². The van der Waals surface area contributed by atoms with Crippen molar-refractivity contribution in [1.82, 2.24) is 4.90 Å². The van der Waals surface area contributed by atoms with E-state index < -0.39 is 5.91 Å². The van der Waals surface area contributed by atoms with Crippen molar-refractivity contribution >= 4 is 52.2 Å². The molecule has 2 aliphatic heterocycles. The molecule has 4 rings (SSSR count). The van der Waals surface area contributed by atoms with Gasteiger partial charge in [0.2, 0.25) is 0 Å². The van der Waals surface area contributed by atoms with Crippen LogP contribution in [0.3, 0.4) is 0 Å². The highest BCUT2D eigenvalue weighted by molar-refractivity contribution is 8.17. The fourth-order valence-corrected chi connectivity index (χ4v) is 4.09. The second kappa shape index (κ2) is 7.17. The quantitative estimate of drug-likeness (QED) is 0.596. The monoisotopic (exact) mass is 395 g/mol. The zero-order chi connectivity index (χ0) is 19.0. The molecule has 7 heteroatoms. The van der Waals surface area contributed by atoms with Gasteiger partial charge in [0.05, 0.1) is 11.3 Å². The molecular weight excluding hydrogens is 381 g/mol. The minimum absolute atomic E-state index is 0.0690. The summed E-state index contributed by atoms with van der Waals surface area (Å²) in [5.41, 5.74) is 2.53. The molecule has 0 aromatic heterocycles. The normalized spacial score (nSPS) is 17.9. The summed E-state index contributed by atoms with van der Waals surface area (Å²) in [5, 5.41) is 10.8. The minimum atomic E-state index is -0.429. The Kier molecular flexibility index (Phi) is 4.72. The van der Waals surface area contributed by atoms with E-state index in [9.17, 15) is 9.18 Å². The summed E-state index contributed by atoms with van der Waals surface area (Å²) >= 11 is 2.92. The Morgan fingerprint density at radius 1 is 1.15 bits per heavy atom. The van der Waals surface area contributed by atoms with Gasteiger partial charge in [-0.1, -0.05) is 23.9 Å². The molecule has 0 aliphatic carbocycles. The van der Waals surface area contributed by atoms with Crippen LogP contribution in [0.25, 0.3) is 11.8 Å². The van der Waals surface area contributed by atoms with E-state index in [4.69, 9.17) is 5.41 Å². The molecule has 4 nitrogen and oxygen atoms in total. The van der Waals surface area contributed by atoms with E-state index in [2.05, 4.69) is 4.99 Å². The number of amidine groups is 2. The molecular formula is C20H14FN3OS2. The first-order chi connectivity index (χ1) is 13.1. The van der Waals surface area contributed by atoms with Crippen LogP contribution in [0.5, 0.6) is 0 Å². The van der Waals surface area contributed by atoms with Crippen molar-refractivity contribution in [3.05, 3.63) is 76.5 Å². The van der Waals surface area contributed by atoms with E-state index in [0.29, 0.717) is 10.9 Å². The van der Waals surface area contributed by atoms with Crippen LogP contribution in [0.4, 0.5) is 4.39 Å². The molecule has 1 N–H and O–H groups in total. The highest BCUT2D eigenvalue weighted by atomic mass is 32.2. The number of nitrogens with one attached hydrogen (secondary N) is 1. The van der Waals surface area contributed by atoms with Crippen molar-refractivity contribution in [2.24, 2.45) is 4.99 Å². The average Bonchev–Trinajstić information content (AvgIpc) is 3.10. The zero-order valence-corrected chi connectivity index (χ0v) is 15.9. The second-order valence-electron chi connectivity index (χ2n) is 5.84. The van der Waals surface area contributed by atoms with E-state index in [0.717, 1.165) is 16.0 Å². The summed E-state index contributed by atoms with van der Waals surface area (Å²) in [6.45, 7) is 0. The summed E-state index contributed by atoms with van der Waals surface area (Å²) in [4.78, 5) is 19.3. The van der Waals surface area contributed by atoms with Crippen LogP contribution in [0.15, 0.2) is 69.4 Å². The molecule has 0 radical (unpaired) electrons. The first kappa shape index (κ1) is 17.8. The Hall–Kier alpha value is -2.64. The highest BCUT2D eigenvalue weighted by Crippen LogP contribution is 2.37. The largest absolute Gasteiger partial charge is 0.283 e. The first-order valence-electron chi connectivity index (χ1n) is 8.07. The fourth-order valence-electron chi connectivity index (χ4n) is 2.79. The van der Waals surface area contributed by atoms with Crippen molar-refractivity contribution in [2.75, 3.05) is 6.26 Å². The van der Waals surface area contributed by atoms with Crippen molar-refractivity contribution < 1.29 is 9.18 Å². The smallest absolute Gasteiger partial charge is 0.283 e. The number of benzene rings is 2. The van der Waals surface area contributed by atoms with Gasteiger partial charge in [-0.15, -0.1) is 11.8 Å². The lowest BCUT2D eigenvalue weighted by Crippen LogP contribution is -2.38. The number of hydrogen-bond donors (Lipinski definition) is 1. The van der Waals surface area contributed by atoms with Gasteiger partial charge in [-0.05, 0) is 59.9 Å². The summed E-state index contributed by atoms with van der Waals surface area (Å²) in [6.07, 6.45) is 3.68. The Balaban J connectivity index is 1.70. The van der Waals surface area contributed by atoms with Crippen LogP contribution < -0.4 is 0 Å². The van der Waals surface area contributed by atoms with E-state index >= 15 is 0 Å². The molecule has 0 unspecified atom stereocenters. The molecule has 27 heavy (non-hydrogen) atoms. The predicted octanol–water partition coefficient (Wildman–Crippen LogP) is 4.85. The summed E-state index contributed by atoms with van der Waals surface area (Å²) < 4.78 is 13.2. The summed E-state index contributed by atoms with van der Waals surface area (Å²) in [6, 6.07) is 13.8. The van der Waals surface area contributed by atoms with Gasteiger partial charge < -0.3 is 0 Å². The molecule has 134 valence electrons. The molecule has 2 aromatic rings. The fraction of sp³-hybridized carbons (Fsp3) is 0.0500. The number of hydrogen-bond acceptors (Lipinski definition) is 4. The maximum atomic E-state index is 13.2. The van der Waals surface area contributed by atoms with Crippen molar-refractivity contribution in [3.63, 3.8) is 0 Å². The van der Waals surface area contributed by atoms with Crippen molar-refractivity contribution in [2.45, 2.75) is 4.90 Å². The van der Waals surface area contributed by atoms with Crippen LogP contribution in [0.1, 0.15) is 11.1 Å².